The van der Waals surface area contributed by atoms with Gasteiger partial charge >= 0.3 is 0 Å². The van der Waals surface area contributed by atoms with Gasteiger partial charge in [0.1, 0.15) is 5.78 Å². The average molecular weight is 296 g/mol. The summed E-state index contributed by atoms with van der Waals surface area (Å²) in [6.45, 7) is 11.9. The lowest BCUT2D eigenvalue weighted by atomic mass is 9.80. The van der Waals surface area contributed by atoms with Crippen LogP contribution < -0.4 is 0 Å². The molecule has 0 unspecified atom stereocenters. The molecular formula is C19H37NO. The summed E-state index contributed by atoms with van der Waals surface area (Å²) in [6, 6.07) is 0. The van der Waals surface area contributed by atoms with E-state index in [9.17, 15) is 4.79 Å². The number of Topliss-reactive ketones (excluding diaryl/α,β-unsaturated/α-hetero) is 1. The van der Waals surface area contributed by atoms with Crippen LogP contribution in [-0.2, 0) is 4.79 Å². The lowest BCUT2D eigenvalue weighted by Gasteiger charge is -2.36. The van der Waals surface area contributed by atoms with E-state index in [0.717, 1.165) is 44.2 Å². The van der Waals surface area contributed by atoms with Crippen LogP contribution in [0.15, 0.2) is 0 Å². The van der Waals surface area contributed by atoms with Crippen LogP contribution in [0, 0.1) is 17.8 Å². The second kappa shape index (κ2) is 10.4. The topological polar surface area (TPSA) is 20.3 Å². The van der Waals surface area contributed by atoms with Crippen LogP contribution in [-0.4, -0.2) is 30.3 Å². The van der Waals surface area contributed by atoms with Gasteiger partial charge in [0, 0.05) is 18.9 Å². The molecule has 1 saturated carbocycles. The zero-order chi connectivity index (χ0) is 15.7. The summed E-state index contributed by atoms with van der Waals surface area (Å²) in [6.07, 6.45) is 10.1. The van der Waals surface area contributed by atoms with Gasteiger partial charge in [0.25, 0.3) is 0 Å². The van der Waals surface area contributed by atoms with Crippen LogP contribution in [0.2, 0.25) is 0 Å². The monoisotopic (exact) mass is 295 g/mol. The molecule has 1 saturated heterocycles. The number of hydrogen-bond acceptors (Lipinski definition) is 2. The zero-order valence-corrected chi connectivity index (χ0v) is 14.9. The fourth-order valence-corrected chi connectivity index (χ4v) is 3.91. The molecule has 2 aliphatic rings. The van der Waals surface area contributed by atoms with Gasteiger partial charge in [0.15, 0.2) is 0 Å². The minimum atomic E-state index is 0.372. The Hall–Kier alpha value is -0.370. The molecule has 0 aromatic rings. The molecular weight excluding hydrogens is 258 g/mol. The second-order valence-corrected chi connectivity index (χ2v) is 6.69. The molecule has 2 rings (SSSR count). The van der Waals surface area contributed by atoms with Crippen molar-refractivity contribution in [2.45, 2.75) is 79.1 Å². The number of carbonyl (C=O) groups excluding carboxylic acids is 1. The van der Waals surface area contributed by atoms with Gasteiger partial charge in [-0.25, -0.2) is 0 Å². The maximum Gasteiger partial charge on any atom is 0.135 e. The predicted octanol–water partition coefficient (Wildman–Crippen LogP) is 4.92. The summed E-state index contributed by atoms with van der Waals surface area (Å²) in [7, 11) is 0. The largest absolute Gasteiger partial charge is 0.303 e. The Morgan fingerprint density at radius 3 is 1.90 bits per heavy atom. The van der Waals surface area contributed by atoms with E-state index >= 15 is 0 Å². The van der Waals surface area contributed by atoms with Gasteiger partial charge in [-0.15, -0.1) is 0 Å². The van der Waals surface area contributed by atoms with Crippen LogP contribution in [0.3, 0.4) is 0 Å². The van der Waals surface area contributed by atoms with Crippen molar-refractivity contribution in [3.8, 4) is 0 Å². The van der Waals surface area contributed by atoms with Crippen molar-refractivity contribution < 1.29 is 4.79 Å². The van der Waals surface area contributed by atoms with E-state index < -0.39 is 0 Å². The molecule has 0 atom stereocenters. The summed E-state index contributed by atoms with van der Waals surface area (Å²) in [4.78, 5) is 14.3. The number of piperidine rings is 1. The van der Waals surface area contributed by atoms with Crippen molar-refractivity contribution in [2.24, 2.45) is 17.8 Å². The highest BCUT2D eigenvalue weighted by Gasteiger charge is 2.26. The summed E-state index contributed by atoms with van der Waals surface area (Å²) in [5, 5.41) is 0. The van der Waals surface area contributed by atoms with E-state index in [0.29, 0.717) is 11.7 Å². The minimum Gasteiger partial charge on any atom is -0.303 e. The number of nitrogens with zero attached hydrogens (tertiary/aromatic N) is 1. The Bertz CT molecular complexity index is 273. The molecule has 0 spiro atoms. The number of likely N-dealkylation sites (tertiary alicyclic amines) is 1. The van der Waals surface area contributed by atoms with Crippen LogP contribution in [0.25, 0.3) is 0 Å². The fourth-order valence-electron chi connectivity index (χ4n) is 3.91. The lowest BCUT2D eigenvalue weighted by molar-refractivity contribution is -0.124. The van der Waals surface area contributed by atoms with Gasteiger partial charge in [0.2, 0.25) is 0 Å². The first-order valence-electron chi connectivity index (χ1n) is 9.48. The van der Waals surface area contributed by atoms with Crippen LogP contribution in [0.5, 0.6) is 0 Å². The first-order chi connectivity index (χ1) is 10.2. The SMILES string of the molecule is CC.CCC(=O)C1CCN(CC2CCC(CC)CC2)CC1. The van der Waals surface area contributed by atoms with E-state index in [-0.39, 0.29) is 0 Å². The Morgan fingerprint density at radius 1 is 0.905 bits per heavy atom. The van der Waals surface area contributed by atoms with Crippen LogP contribution in [0.4, 0.5) is 0 Å². The smallest absolute Gasteiger partial charge is 0.135 e. The molecule has 1 heterocycles. The van der Waals surface area contributed by atoms with Crippen molar-refractivity contribution in [1.82, 2.24) is 4.90 Å². The zero-order valence-electron chi connectivity index (χ0n) is 14.9. The minimum absolute atomic E-state index is 0.372. The predicted molar refractivity (Wildman–Crippen MR) is 91.5 cm³/mol. The molecule has 0 aromatic heterocycles. The Morgan fingerprint density at radius 2 is 1.43 bits per heavy atom. The van der Waals surface area contributed by atoms with E-state index in [4.69, 9.17) is 0 Å². The molecule has 21 heavy (non-hydrogen) atoms. The van der Waals surface area contributed by atoms with Crippen molar-refractivity contribution in [3.63, 3.8) is 0 Å². The van der Waals surface area contributed by atoms with Gasteiger partial charge in [0.05, 0.1) is 0 Å². The summed E-state index contributed by atoms with van der Waals surface area (Å²) in [5.41, 5.74) is 0. The van der Waals surface area contributed by atoms with Gasteiger partial charge in [-0.05, 0) is 50.6 Å². The standard InChI is InChI=1S/C17H31NO.C2H6/c1-3-14-5-7-15(8-6-14)13-18-11-9-16(10-12-18)17(19)4-2;1-2/h14-16H,3-13H2,1-2H3;1-2H3. The molecule has 0 bridgehead atoms. The van der Waals surface area contributed by atoms with Gasteiger partial charge in [-0.3, -0.25) is 4.79 Å². The molecule has 2 heteroatoms. The van der Waals surface area contributed by atoms with E-state index in [1.54, 1.807) is 0 Å². The first-order valence-corrected chi connectivity index (χ1v) is 9.48. The Balaban J connectivity index is 0.00000106. The highest BCUT2D eigenvalue weighted by atomic mass is 16.1. The molecule has 1 aliphatic heterocycles. The molecule has 0 aromatic carbocycles. The highest BCUT2D eigenvalue weighted by Crippen LogP contribution is 2.31. The molecule has 1 aliphatic carbocycles. The van der Waals surface area contributed by atoms with Gasteiger partial charge in [-0.1, -0.05) is 47.0 Å². The fraction of sp³-hybridized carbons (Fsp3) is 0.947. The van der Waals surface area contributed by atoms with Gasteiger partial charge in [-0.2, -0.15) is 0 Å². The third-order valence-electron chi connectivity index (χ3n) is 5.45. The van der Waals surface area contributed by atoms with Crippen molar-refractivity contribution in [3.05, 3.63) is 0 Å². The van der Waals surface area contributed by atoms with E-state index in [2.05, 4.69) is 11.8 Å². The van der Waals surface area contributed by atoms with Gasteiger partial charge < -0.3 is 4.90 Å². The Kier molecular flexibility index (Phi) is 9.23. The number of carbonyl (C=O) groups is 1. The third kappa shape index (κ3) is 6.10. The van der Waals surface area contributed by atoms with Crippen LogP contribution in [0.1, 0.15) is 79.1 Å². The first kappa shape index (κ1) is 18.7. The quantitative estimate of drug-likeness (QED) is 0.717. The maximum absolute atomic E-state index is 11.7. The summed E-state index contributed by atoms with van der Waals surface area (Å²) >= 11 is 0. The number of hydrogen-bond donors (Lipinski definition) is 0. The van der Waals surface area contributed by atoms with Crippen molar-refractivity contribution in [2.75, 3.05) is 19.6 Å². The number of rotatable bonds is 5. The molecule has 0 N–H and O–H groups in total. The average Bonchev–Trinajstić information content (AvgIpc) is 2.57. The molecule has 0 amide bonds. The molecule has 124 valence electrons. The van der Waals surface area contributed by atoms with E-state index in [1.807, 2.05) is 20.8 Å². The summed E-state index contributed by atoms with van der Waals surface area (Å²) in [5.74, 6) is 2.80. The van der Waals surface area contributed by atoms with Crippen LogP contribution >= 0.6 is 0 Å². The molecule has 2 nitrogen and oxygen atoms in total. The second-order valence-electron chi connectivity index (χ2n) is 6.69. The molecule has 0 radical (unpaired) electrons. The van der Waals surface area contributed by atoms with Crippen molar-refractivity contribution in [1.29, 1.82) is 0 Å². The summed E-state index contributed by atoms with van der Waals surface area (Å²) < 4.78 is 0. The molecule has 2 fully saturated rings. The van der Waals surface area contributed by atoms with E-state index in [1.165, 1.54) is 38.6 Å². The normalized spacial score (nSPS) is 27.8. The number of ketones is 1. The van der Waals surface area contributed by atoms with Crippen molar-refractivity contribution >= 4 is 5.78 Å². The third-order valence-corrected chi connectivity index (χ3v) is 5.45. The highest BCUT2D eigenvalue weighted by molar-refractivity contribution is 5.80. The lowest BCUT2D eigenvalue weighted by Crippen LogP contribution is -2.39. The maximum atomic E-state index is 11.7. The Labute approximate surface area is 132 Å².